The summed E-state index contributed by atoms with van der Waals surface area (Å²) >= 11 is 0. The Bertz CT molecular complexity index is 1840. The van der Waals surface area contributed by atoms with Crippen LogP contribution in [-0.4, -0.2) is 91.2 Å². The molecule has 1 atom stereocenters. The zero-order valence-corrected chi connectivity index (χ0v) is 29.8. The van der Waals surface area contributed by atoms with Crippen LogP contribution in [0.3, 0.4) is 0 Å². The van der Waals surface area contributed by atoms with Gasteiger partial charge in [-0.25, -0.2) is 14.6 Å². The Labute approximate surface area is 299 Å². The van der Waals surface area contributed by atoms with Gasteiger partial charge in [-0.05, 0) is 74.4 Å². The van der Waals surface area contributed by atoms with Gasteiger partial charge < -0.3 is 25.1 Å². The molecule has 4 heterocycles. The van der Waals surface area contributed by atoms with Crippen LogP contribution < -0.4 is 10.2 Å². The Morgan fingerprint density at radius 3 is 2.29 bits per heavy atom. The number of carbonyl (C=O) groups excluding carboxylic acids is 3. The lowest BCUT2D eigenvalue weighted by atomic mass is 9.93. The number of hydrogen-bond donors (Lipinski definition) is 2. The van der Waals surface area contributed by atoms with Gasteiger partial charge in [-0.3, -0.25) is 14.4 Å². The van der Waals surface area contributed by atoms with Crippen LogP contribution in [0.1, 0.15) is 100 Å². The number of aliphatic hydroxyl groups excluding tert-OH is 1. The molecule has 0 radical (unpaired) electrons. The fourth-order valence-electron chi connectivity index (χ4n) is 6.83. The Morgan fingerprint density at radius 1 is 0.941 bits per heavy atom. The minimum absolute atomic E-state index is 0.138. The molecule has 4 aromatic rings. The number of anilines is 2. The van der Waals surface area contributed by atoms with Gasteiger partial charge in [-0.1, -0.05) is 51.0 Å². The van der Waals surface area contributed by atoms with Crippen molar-refractivity contribution in [3.8, 4) is 5.69 Å². The third kappa shape index (κ3) is 7.96. The van der Waals surface area contributed by atoms with Crippen molar-refractivity contribution < 1.29 is 19.5 Å². The molecule has 0 spiro atoms. The van der Waals surface area contributed by atoms with Crippen LogP contribution in [0.4, 0.5) is 11.6 Å². The first-order chi connectivity index (χ1) is 24.8. The molecule has 12 heteroatoms. The van der Waals surface area contributed by atoms with Crippen molar-refractivity contribution in [2.45, 2.75) is 78.3 Å². The van der Waals surface area contributed by atoms with Crippen LogP contribution in [0.5, 0.6) is 0 Å². The molecule has 1 saturated heterocycles. The zero-order chi connectivity index (χ0) is 35.9. The van der Waals surface area contributed by atoms with Gasteiger partial charge >= 0.3 is 0 Å². The van der Waals surface area contributed by atoms with E-state index in [1.807, 2.05) is 36.1 Å². The van der Waals surface area contributed by atoms with E-state index in [2.05, 4.69) is 34.0 Å². The summed E-state index contributed by atoms with van der Waals surface area (Å²) in [4.78, 5) is 56.2. The van der Waals surface area contributed by atoms with Gasteiger partial charge in [0.15, 0.2) is 5.69 Å². The molecule has 2 aromatic carbocycles. The quantitative estimate of drug-likeness (QED) is 0.190. The fourth-order valence-corrected chi connectivity index (χ4v) is 6.83. The third-order valence-electron chi connectivity index (χ3n) is 9.79. The Hall–Kier alpha value is -5.10. The molecule has 2 N–H and O–H groups in total. The van der Waals surface area contributed by atoms with E-state index >= 15 is 0 Å². The largest absolute Gasteiger partial charge is 0.394 e. The molecule has 12 nitrogen and oxygen atoms in total. The van der Waals surface area contributed by atoms with E-state index in [1.165, 1.54) is 12.4 Å². The summed E-state index contributed by atoms with van der Waals surface area (Å²) in [7, 11) is 0. The highest BCUT2D eigenvalue weighted by Crippen LogP contribution is 2.29. The normalized spacial score (nSPS) is 15.5. The molecule has 6 rings (SSSR count). The predicted octanol–water partition coefficient (Wildman–Crippen LogP) is 5.43. The first kappa shape index (κ1) is 35.7. The van der Waals surface area contributed by atoms with Crippen LogP contribution in [0.2, 0.25) is 0 Å². The van der Waals surface area contributed by atoms with Crippen LogP contribution in [0.15, 0.2) is 60.9 Å². The van der Waals surface area contributed by atoms with Crippen LogP contribution in [0.25, 0.3) is 5.69 Å². The number of rotatable bonds is 13. The second-order valence-electron chi connectivity index (χ2n) is 13.5. The number of aliphatic hydroxyl groups is 1. The van der Waals surface area contributed by atoms with E-state index in [0.717, 1.165) is 62.7 Å². The average molecular weight is 693 g/mol. The van der Waals surface area contributed by atoms with E-state index in [4.69, 9.17) is 5.10 Å². The molecule has 1 fully saturated rings. The maximum atomic E-state index is 14.6. The molecular formula is C39H48N8O4. The van der Waals surface area contributed by atoms with Gasteiger partial charge in [-0.2, -0.15) is 5.10 Å². The summed E-state index contributed by atoms with van der Waals surface area (Å²) < 4.78 is 1.63. The number of amides is 3. The van der Waals surface area contributed by atoms with E-state index < -0.39 is 11.9 Å². The van der Waals surface area contributed by atoms with Gasteiger partial charge in [0.05, 0.1) is 29.5 Å². The maximum absolute atomic E-state index is 14.6. The predicted molar refractivity (Wildman–Crippen MR) is 196 cm³/mol. The molecule has 2 aliphatic heterocycles. The number of nitrogens with one attached hydrogen (secondary N) is 1. The lowest BCUT2D eigenvalue weighted by Gasteiger charge is -2.36. The first-order valence-corrected chi connectivity index (χ1v) is 18.2. The maximum Gasteiger partial charge on any atom is 0.274 e. The fraction of sp³-hybridized carbons (Fsp3) is 0.436. The summed E-state index contributed by atoms with van der Waals surface area (Å²) in [5, 5.41) is 18.1. The van der Waals surface area contributed by atoms with Gasteiger partial charge in [0.1, 0.15) is 0 Å². The summed E-state index contributed by atoms with van der Waals surface area (Å²) in [5.41, 5.74) is 4.57. The van der Waals surface area contributed by atoms with E-state index in [9.17, 15) is 19.5 Å². The Balaban J connectivity index is 1.34. The summed E-state index contributed by atoms with van der Waals surface area (Å²) in [5.74, 6) is -0.254. The van der Waals surface area contributed by atoms with Gasteiger partial charge in [-0.15, -0.1) is 0 Å². The van der Waals surface area contributed by atoms with E-state index in [-0.39, 0.29) is 24.0 Å². The number of aromatic nitrogens is 4. The van der Waals surface area contributed by atoms with Crippen LogP contribution in [0, 0.1) is 6.92 Å². The molecule has 1 unspecified atom stereocenters. The SMILES string of the molecule is CCCCN(CCCC)C(=O)c1cc(C)n(-c2ccc(NC(=O)c3cnc(N4CCCC4)nc3)cc2C(=O)N2Cc3ccccc3CC2CO)n1. The molecule has 0 saturated carbocycles. The minimum Gasteiger partial charge on any atom is -0.394 e. The van der Waals surface area contributed by atoms with Gasteiger partial charge in [0, 0.05) is 56.5 Å². The summed E-state index contributed by atoms with van der Waals surface area (Å²) in [6.45, 7) is 9.29. The number of hydrogen-bond acceptors (Lipinski definition) is 8. The van der Waals surface area contributed by atoms with Crippen molar-refractivity contribution in [1.82, 2.24) is 29.5 Å². The molecular weight excluding hydrogens is 644 g/mol. The summed E-state index contributed by atoms with van der Waals surface area (Å²) in [6.07, 6.45) is 9.50. The summed E-state index contributed by atoms with van der Waals surface area (Å²) in [6, 6.07) is 14.3. The lowest BCUT2D eigenvalue weighted by molar-refractivity contribution is 0.0544. The standard InChI is InChI=1S/C39H48N8O4/c1-4-6-16-44(17-7-5-2)38(51)34-20-27(3)47(43-34)35-15-14-31(42-36(49)30-23-40-39(41-24-30)45-18-10-11-19-45)22-33(35)37(50)46-25-29-13-9-8-12-28(29)21-32(46)26-48/h8-9,12-15,20,22-24,32,48H,4-7,10-11,16-19,21,25-26H2,1-3H3,(H,42,49). The number of carbonyl (C=O) groups is 3. The van der Waals surface area contributed by atoms with Crippen LogP contribution in [-0.2, 0) is 13.0 Å². The molecule has 3 amide bonds. The topological polar surface area (TPSA) is 137 Å². The highest BCUT2D eigenvalue weighted by molar-refractivity contribution is 6.05. The number of benzene rings is 2. The number of aryl methyl sites for hydroxylation is 1. The Morgan fingerprint density at radius 2 is 1.63 bits per heavy atom. The second-order valence-corrected chi connectivity index (χ2v) is 13.5. The minimum atomic E-state index is -0.439. The molecule has 0 bridgehead atoms. The highest BCUT2D eigenvalue weighted by atomic mass is 16.3. The average Bonchev–Trinajstić information content (AvgIpc) is 3.84. The third-order valence-corrected chi connectivity index (χ3v) is 9.79. The first-order valence-electron chi connectivity index (χ1n) is 18.2. The van der Waals surface area contributed by atoms with Crippen molar-refractivity contribution in [3.63, 3.8) is 0 Å². The monoisotopic (exact) mass is 692 g/mol. The molecule has 2 aliphatic rings. The molecule has 0 aliphatic carbocycles. The zero-order valence-electron chi connectivity index (χ0n) is 29.8. The molecule has 51 heavy (non-hydrogen) atoms. The molecule has 268 valence electrons. The van der Waals surface area contributed by atoms with Gasteiger partial charge in [0.25, 0.3) is 17.7 Å². The van der Waals surface area contributed by atoms with Gasteiger partial charge in [0.2, 0.25) is 5.95 Å². The van der Waals surface area contributed by atoms with Crippen molar-refractivity contribution in [1.29, 1.82) is 0 Å². The number of unbranched alkanes of at least 4 members (excludes halogenated alkanes) is 2. The van der Waals surface area contributed by atoms with Crippen LogP contribution >= 0.6 is 0 Å². The second kappa shape index (κ2) is 16.3. The highest BCUT2D eigenvalue weighted by Gasteiger charge is 2.32. The number of fused-ring (bicyclic) bond motifs is 1. The lowest BCUT2D eigenvalue weighted by Crippen LogP contribution is -2.46. The smallest absolute Gasteiger partial charge is 0.274 e. The van der Waals surface area contributed by atoms with Crippen molar-refractivity contribution in [2.24, 2.45) is 0 Å². The van der Waals surface area contributed by atoms with Crippen molar-refractivity contribution >= 4 is 29.4 Å². The van der Waals surface area contributed by atoms with E-state index in [0.29, 0.717) is 60.3 Å². The molecule has 2 aromatic heterocycles. The Kier molecular flexibility index (Phi) is 11.4. The van der Waals surface area contributed by atoms with E-state index in [1.54, 1.807) is 33.8 Å². The number of nitrogens with zero attached hydrogens (tertiary/aromatic N) is 7. The van der Waals surface area contributed by atoms with Crippen molar-refractivity contribution in [3.05, 3.63) is 94.6 Å². The van der Waals surface area contributed by atoms with Crippen molar-refractivity contribution in [2.75, 3.05) is 43.0 Å².